The Morgan fingerprint density at radius 2 is 1.81 bits per heavy atom. The quantitative estimate of drug-likeness (QED) is 0.183. The van der Waals surface area contributed by atoms with Crippen molar-refractivity contribution >= 4 is 29.3 Å². The topological polar surface area (TPSA) is 270 Å². The van der Waals surface area contributed by atoms with Gasteiger partial charge in [-0.15, -0.1) is 0 Å². The Hall–Kier alpha value is -1.10. The molecular weight excluding hydrogens is 498 g/mol. The first kappa shape index (κ1) is 24.5. The molecule has 2 fully saturated rings. The van der Waals surface area contributed by atoms with Crippen molar-refractivity contribution < 1.29 is 65.8 Å². The predicted octanol–water partition coefficient (Wildman–Crippen LogP) is -2.12. The van der Waals surface area contributed by atoms with Gasteiger partial charge in [-0.1, -0.05) is 0 Å². The Kier molecular flexibility index (Phi) is 5.91. The van der Waals surface area contributed by atoms with Gasteiger partial charge >= 0.3 is 29.2 Å². The molecule has 3 unspecified atom stereocenters. The van der Waals surface area contributed by atoms with Gasteiger partial charge in [-0.05, 0) is 6.07 Å². The normalized spacial score (nSPS) is 36.4. The monoisotopic (exact) mass is 513 g/mol. The highest BCUT2D eigenvalue weighted by Gasteiger charge is 2.86. The van der Waals surface area contributed by atoms with Gasteiger partial charge in [0.15, 0.2) is 17.4 Å². The predicted molar refractivity (Wildman–Crippen MR) is 91.4 cm³/mol. The minimum atomic E-state index is -5.85. The molecule has 0 amide bonds. The van der Waals surface area contributed by atoms with Crippen molar-refractivity contribution in [3.05, 3.63) is 22.7 Å². The third-order valence-electron chi connectivity index (χ3n) is 4.38. The number of anilines is 1. The van der Waals surface area contributed by atoms with E-state index in [4.69, 9.17) is 25.2 Å². The van der Waals surface area contributed by atoms with Crippen molar-refractivity contribution in [1.82, 2.24) is 9.55 Å². The summed E-state index contributed by atoms with van der Waals surface area (Å²) in [5.74, 6) is -0.211. The van der Waals surface area contributed by atoms with E-state index in [1.165, 1.54) is 0 Å². The highest BCUT2D eigenvalue weighted by molar-refractivity contribution is 7.66. The van der Waals surface area contributed by atoms with Gasteiger partial charge in [0.25, 0.3) is 0 Å². The number of phosphoric ester groups is 1. The van der Waals surface area contributed by atoms with E-state index < -0.39 is 65.5 Å². The van der Waals surface area contributed by atoms with Crippen molar-refractivity contribution in [2.45, 2.75) is 29.6 Å². The molecule has 2 aliphatic rings. The zero-order valence-corrected chi connectivity index (χ0v) is 17.4. The molecule has 17 nitrogen and oxygen atoms in total. The minimum absolute atomic E-state index is 0.211. The van der Waals surface area contributed by atoms with E-state index in [1.54, 1.807) is 0 Å². The molecule has 1 aromatic rings. The summed E-state index contributed by atoms with van der Waals surface area (Å²) >= 11 is 0. The molecular formula is C10H15FN3O14P3. The summed E-state index contributed by atoms with van der Waals surface area (Å²) in [4.78, 5) is 50.9. The SMILES string of the molecule is Nc1ccn([C@@H]2O[C@@H]3C(OP(=O)(O)OP(=O)(O)OP(=O)(O)O)[C@]3(O)[C@]2(O)CF)c(=O)n1. The van der Waals surface area contributed by atoms with E-state index in [1.807, 2.05) is 0 Å². The number of ether oxygens (including phenoxy) is 1. The zero-order valence-electron chi connectivity index (χ0n) is 14.7. The summed E-state index contributed by atoms with van der Waals surface area (Å²) in [6.45, 7) is -1.77. The Morgan fingerprint density at radius 3 is 2.32 bits per heavy atom. The molecule has 31 heavy (non-hydrogen) atoms. The summed E-state index contributed by atoms with van der Waals surface area (Å²) in [6, 6.07) is 1.10. The summed E-state index contributed by atoms with van der Waals surface area (Å²) in [7, 11) is -17.2. The van der Waals surface area contributed by atoms with E-state index in [-0.39, 0.29) is 5.82 Å². The standard InChI is InChI=1S/C10H15FN3O14P3/c11-3-9(16)7(14-2-1-4(12)13-8(14)15)25-5-6(10(5,9)17)26-30(21,22)28-31(23,24)27-29(18,19)20/h1-2,5-7,16-17H,3H2,(H,21,22)(H,23,24)(H2,12,13,15)(H2,18,19,20)/t5-,6?,7-,9+,10+/m1/s1. The molecule has 21 heteroatoms. The van der Waals surface area contributed by atoms with Crippen molar-refractivity contribution in [2.24, 2.45) is 0 Å². The number of nitrogens with two attached hydrogens (primary N) is 1. The third kappa shape index (κ3) is 4.41. The van der Waals surface area contributed by atoms with E-state index in [0.717, 1.165) is 12.3 Å². The molecule has 0 aromatic carbocycles. The maximum Gasteiger partial charge on any atom is 0.490 e. The average molecular weight is 513 g/mol. The van der Waals surface area contributed by atoms with Crippen LogP contribution in [0.1, 0.15) is 6.23 Å². The molecule has 1 aromatic heterocycles. The van der Waals surface area contributed by atoms with Gasteiger partial charge < -0.3 is 40.3 Å². The molecule has 3 rings (SSSR count). The van der Waals surface area contributed by atoms with Crippen LogP contribution in [0.4, 0.5) is 10.2 Å². The van der Waals surface area contributed by atoms with Crippen LogP contribution in [-0.4, -0.2) is 69.4 Å². The number of alkyl halides is 1. The van der Waals surface area contributed by atoms with Gasteiger partial charge in [0, 0.05) is 6.20 Å². The van der Waals surface area contributed by atoms with Crippen molar-refractivity contribution in [2.75, 3.05) is 12.4 Å². The van der Waals surface area contributed by atoms with Crippen LogP contribution < -0.4 is 11.4 Å². The fourth-order valence-corrected chi connectivity index (χ4v) is 6.30. The lowest BCUT2D eigenvalue weighted by molar-refractivity contribution is -0.176. The van der Waals surface area contributed by atoms with Crippen LogP contribution in [0.25, 0.3) is 0 Å². The van der Waals surface area contributed by atoms with Crippen molar-refractivity contribution in [1.29, 1.82) is 0 Å². The van der Waals surface area contributed by atoms with Gasteiger partial charge in [0.05, 0.1) is 0 Å². The van der Waals surface area contributed by atoms with Crippen LogP contribution in [-0.2, 0) is 31.6 Å². The Morgan fingerprint density at radius 1 is 1.19 bits per heavy atom. The molecule has 0 bridgehead atoms. The zero-order chi connectivity index (χ0) is 23.6. The molecule has 0 radical (unpaired) electrons. The Bertz CT molecular complexity index is 1090. The number of rotatable bonds is 8. The van der Waals surface area contributed by atoms with Gasteiger partial charge in [0.2, 0.25) is 0 Å². The number of fused-ring (bicyclic) bond motifs is 1. The second kappa shape index (κ2) is 7.46. The van der Waals surface area contributed by atoms with Gasteiger partial charge in [0.1, 0.15) is 24.7 Å². The summed E-state index contributed by atoms with van der Waals surface area (Å²) in [6.07, 6.45) is -4.68. The summed E-state index contributed by atoms with van der Waals surface area (Å²) in [5, 5.41) is 21.2. The molecule has 7 atom stereocenters. The number of hydrogen-bond donors (Lipinski definition) is 7. The number of nitrogen functional groups attached to an aromatic ring is 1. The minimum Gasteiger partial charge on any atom is -0.383 e. The van der Waals surface area contributed by atoms with Crippen LogP contribution >= 0.6 is 23.5 Å². The molecule has 8 N–H and O–H groups in total. The van der Waals surface area contributed by atoms with Crippen LogP contribution in [0.15, 0.2) is 17.1 Å². The molecule has 1 saturated carbocycles. The fraction of sp³-hybridized carbons (Fsp3) is 0.600. The highest BCUT2D eigenvalue weighted by atomic mass is 31.3. The van der Waals surface area contributed by atoms with E-state index >= 15 is 0 Å². The van der Waals surface area contributed by atoms with Gasteiger partial charge in [-0.3, -0.25) is 9.09 Å². The fourth-order valence-electron chi connectivity index (χ4n) is 3.08. The van der Waals surface area contributed by atoms with Crippen LogP contribution in [0.3, 0.4) is 0 Å². The maximum atomic E-state index is 13.8. The van der Waals surface area contributed by atoms with Crippen LogP contribution in [0, 0.1) is 0 Å². The van der Waals surface area contributed by atoms with Gasteiger partial charge in [-0.25, -0.2) is 22.9 Å². The first-order valence-electron chi connectivity index (χ1n) is 7.79. The molecule has 0 spiro atoms. The van der Waals surface area contributed by atoms with Crippen LogP contribution in [0.5, 0.6) is 0 Å². The van der Waals surface area contributed by atoms with Crippen molar-refractivity contribution in [3.63, 3.8) is 0 Å². The lowest BCUT2D eigenvalue weighted by atomic mass is 9.94. The Balaban J connectivity index is 1.81. The first-order valence-corrected chi connectivity index (χ1v) is 12.3. The van der Waals surface area contributed by atoms with Crippen molar-refractivity contribution in [3.8, 4) is 0 Å². The second-order valence-electron chi connectivity index (χ2n) is 6.45. The van der Waals surface area contributed by atoms with Crippen LogP contribution in [0.2, 0.25) is 0 Å². The first-order chi connectivity index (χ1) is 14.0. The number of aromatic nitrogens is 2. The summed E-state index contributed by atoms with van der Waals surface area (Å²) in [5.41, 5.74) is -1.46. The number of hydrogen-bond acceptors (Lipinski definition) is 12. The molecule has 1 aliphatic carbocycles. The Labute approximate surface area is 170 Å². The van der Waals surface area contributed by atoms with Gasteiger partial charge in [-0.2, -0.15) is 13.6 Å². The van der Waals surface area contributed by atoms with E-state index in [9.17, 15) is 38.0 Å². The maximum absolute atomic E-state index is 13.8. The molecule has 176 valence electrons. The molecule has 2 heterocycles. The van der Waals surface area contributed by atoms with E-state index in [2.05, 4.69) is 18.1 Å². The molecule has 1 saturated heterocycles. The number of aliphatic hydroxyl groups is 2. The lowest BCUT2D eigenvalue weighted by Gasteiger charge is -2.34. The third-order valence-corrected chi connectivity index (χ3v) is 8.20. The second-order valence-corrected chi connectivity index (χ2v) is 10.8. The largest absolute Gasteiger partial charge is 0.490 e. The highest BCUT2D eigenvalue weighted by Crippen LogP contribution is 2.70. The lowest BCUT2D eigenvalue weighted by Crippen LogP contribution is -2.54. The average Bonchev–Trinajstić information content (AvgIpc) is 3.02. The molecule has 1 aliphatic heterocycles. The smallest absolute Gasteiger partial charge is 0.383 e. The van der Waals surface area contributed by atoms with E-state index in [0.29, 0.717) is 4.57 Å². The number of halogens is 1. The summed E-state index contributed by atoms with van der Waals surface area (Å²) < 4.78 is 64.8. The number of nitrogens with zero attached hydrogens (tertiary/aromatic N) is 2. The number of phosphoric acid groups is 3.